The van der Waals surface area contributed by atoms with Gasteiger partial charge in [0.2, 0.25) is 10.0 Å². The number of carbonyl (C=O) groups excluding carboxylic acids is 1. The maximum Gasteiger partial charge on any atom is 0.267 e. The molecule has 1 amide bonds. The molecule has 0 saturated carbocycles. The molecule has 2 rings (SSSR count). The van der Waals surface area contributed by atoms with Gasteiger partial charge in [0.1, 0.15) is 23.3 Å². The largest absolute Gasteiger partial charge is 0.358 e. The minimum atomic E-state index is -3.87. The van der Waals surface area contributed by atoms with Gasteiger partial charge in [0.25, 0.3) is 5.91 Å². The number of rotatable bonds is 5. The number of nitrogens with zero attached hydrogens (tertiary/aromatic N) is 1. The van der Waals surface area contributed by atoms with Crippen LogP contribution in [0.4, 0.5) is 20.2 Å². The van der Waals surface area contributed by atoms with Crippen LogP contribution in [-0.2, 0) is 14.8 Å². The Balaban J connectivity index is 2.13. The van der Waals surface area contributed by atoms with Crippen molar-refractivity contribution in [3.63, 3.8) is 0 Å². The van der Waals surface area contributed by atoms with Crippen molar-refractivity contribution in [2.24, 2.45) is 5.14 Å². The van der Waals surface area contributed by atoms with E-state index in [-0.39, 0.29) is 16.3 Å². The van der Waals surface area contributed by atoms with Crippen LogP contribution in [-0.4, -0.2) is 14.3 Å². The first-order valence-electron chi connectivity index (χ1n) is 6.97. The minimum Gasteiger partial charge on any atom is -0.358 e. The molecule has 0 aromatic heterocycles. The number of primary sulfonamides is 1. The third-order valence-electron chi connectivity index (χ3n) is 3.11. The summed E-state index contributed by atoms with van der Waals surface area (Å²) in [5.74, 6) is -2.29. The molecule has 10 heteroatoms. The summed E-state index contributed by atoms with van der Waals surface area (Å²) >= 11 is 0. The van der Waals surface area contributed by atoms with E-state index in [1.54, 1.807) is 6.07 Å². The quantitative estimate of drug-likeness (QED) is 0.542. The molecule has 0 bridgehead atoms. The molecule has 2 aromatic rings. The highest BCUT2D eigenvalue weighted by Crippen LogP contribution is 2.16. The van der Waals surface area contributed by atoms with E-state index in [9.17, 15) is 22.0 Å². The summed E-state index contributed by atoms with van der Waals surface area (Å²) in [5.41, 5.74) is -0.451. The highest BCUT2D eigenvalue weighted by molar-refractivity contribution is 7.89. The number of hydrogen-bond acceptors (Lipinski definition) is 5. The number of halogens is 2. The first-order valence-corrected chi connectivity index (χ1v) is 8.51. The van der Waals surface area contributed by atoms with Gasteiger partial charge in [0.05, 0.1) is 10.6 Å². The summed E-state index contributed by atoms with van der Waals surface area (Å²) in [6.07, 6.45) is 0.923. The normalized spacial score (nSPS) is 11.5. The second-order valence-electron chi connectivity index (χ2n) is 4.96. The first-order chi connectivity index (χ1) is 12.2. The summed E-state index contributed by atoms with van der Waals surface area (Å²) in [7, 11) is -3.87. The highest BCUT2D eigenvalue weighted by Gasteiger charge is 2.12. The van der Waals surface area contributed by atoms with E-state index in [1.807, 2.05) is 0 Å². The summed E-state index contributed by atoms with van der Waals surface area (Å²) in [5, 5.41) is 18.7. The maximum atomic E-state index is 13.5. The molecule has 0 heterocycles. The summed E-state index contributed by atoms with van der Waals surface area (Å²) in [6, 6.07) is 9.23. The van der Waals surface area contributed by atoms with Gasteiger partial charge >= 0.3 is 0 Å². The molecule has 134 valence electrons. The molecule has 4 N–H and O–H groups in total. The topological polar surface area (TPSA) is 125 Å². The van der Waals surface area contributed by atoms with Crippen molar-refractivity contribution in [1.29, 1.82) is 5.26 Å². The molecule has 0 fully saturated rings. The predicted octanol–water partition coefficient (Wildman–Crippen LogP) is 2.07. The number of carbonyl (C=O) groups is 1. The van der Waals surface area contributed by atoms with Crippen LogP contribution in [0.25, 0.3) is 0 Å². The average Bonchev–Trinajstić information content (AvgIpc) is 2.58. The molecular weight excluding hydrogens is 366 g/mol. The van der Waals surface area contributed by atoms with E-state index in [0.29, 0.717) is 0 Å². The predicted molar refractivity (Wildman–Crippen MR) is 90.1 cm³/mol. The number of anilines is 2. The Bertz CT molecular complexity index is 1010. The Morgan fingerprint density at radius 3 is 2.38 bits per heavy atom. The fraction of sp³-hybridized carbons (Fsp3) is 0. The number of sulfonamides is 1. The van der Waals surface area contributed by atoms with E-state index in [0.717, 1.165) is 24.4 Å². The Morgan fingerprint density at radius 1 is 1.15 bits per heavy atom. The van der Waals surface area contributed by atoms with Crippen LogP contribution < -0.4 is 15.8 Å². The van der Waals surface area contributed by atoms with Gasteiger partial charge in [0.15, 0.2) is 0 Å². The zero-order valence-corrected chi connectivity index (χ0v) is 13.8. The Labute approximate surface area is 147 Å². The standard InChI is InChI=1S/C16H12F2N4O3S/c17-11-1-6-14(18)15(7-11)21-9-10(8-19)16(23)22-12-2-4-13(5-3-12)26(20,24)25/h1-7,9,21H,(H,22,23)(H2,20,24,25)/b10-9-. The highest BCUT2D eigenvalue weighted by atomic mass is 32.2. The molecule has 7 nitrogen and oxygen atoms in total. The number of amides is 1. The second-order valence-corrected chi connectivity index (χ2v) is 6.52. The summed E-state index contributed by atoms with van der Waals surface area (Å²) < 4.78 is 48.9. The lowest BCUT2D eigenvalue weighted by Gasteiger charge is -2.06. The lowest BCUT2D eigenvalue weighted by molar-refractivity contribution is -0.112. The van der Waals surface area contributed by atoms with Crippen LogP contribution >= 0.6 is 0 Å². The number of nitriles is 1. The zero-order chi connectivity index (χ0) is 19.3. The molecule has 0 unspecified atom stereocenters. The molecular formula is C16H12F2N4O3S. The van der Waals surface area contributed by atoms with Crippen molar-refractivity contribution in [3.8, 4) is 6.07 Å². The van der Waals surface area contributed by atoms with E-state index in [2.05, 4.69) is 10.6 Å². The number of benzene rings is 2. The van der Waals surface area contributed by atoms with Crippen molar-refractivity contribution < 1.29 is 22.0 Å². The fourth-order valence-corrected chi connectivity index (χ4v) is 2.35. The Kier molecular flexibility index (Phi) is 5.66. The second kappa shape index (κ2) is 7.73. The van der Waals surface area contributed by atoms with Crippen LogP contribution in [0, 0.1) is 23.0 Å². The van der Waals surface area contributed by atoms with Gasteiger partial charge in [-0.1, -0.05) is 0 Å². The van der Waals surface area contributed by atoms with Crippen molar-refractivity contribution in [2.75, 3.05) is 10.6 Å². The molecule has 26 heavy (non-hydrogen) atoms. The van der Waals surface area contributed by atoms with E-state index in [1.165, 1.54) is 24.3 Å². The lowest BCUT2D eigenvalue weighted by Crippen LogP contribution is -2.15. The monoisotopic (exact) mass is 378 g/mol. The van der Waals surface area contributed by atoms with Crippen molar-refractivity contribution in [2.45, 2.75) is 4.90 Å². The van der Waals surface area contributed by atoms with Gasteiger partial charge in [-0.25, -0.2) is 22.3 Å². The summed E-state index contributed by atoms with van der Waals surface area (Å²) in [6.45, 7) is 0. The third kappa shape index (κ3) is 4.85. The molecule has 0 saturated heterocycles. The Hall–Kier alpha value is -3.29. The van der Waals surface area contributed by atoms with Crippen LogP contribution in [0.5, 0.6) is 0 Å². The van der Waals surface area contributed by atoms with E-state index < -0.39 is 33.1 Å². The van der Waals surface area contributed by atoms with E-state index in [4.69, 9.17) is 10.4 Å². The number of nitrogens with one attached hydrogen (secondary N) is 2. The number of hydrogen-bond donors (Lipinski definition) is 3. The van der Waals surface area contributed by atoms with Crippen molar-refractivity contribution >= 4 is 27.3 Å². The van der Waals surface area contributed by atoms with Crippen LogP contribution in [0.3, 0.4) is 0 Å². The van der Waals surface area contributed by atoms with Gasteiger partial charge in [0, 0.05) is 18.0 Å². The minimum absolute atomic E-state index is 0.144. The van der Waals surface area contributed by atoms with Crippen LogP contribution in [0.2, 0.25) is 0 Å². The average molecular weight is 378 g/mol. The van der Waals surface area contributed by atoms with E-state index >= 15 is 0 Å². The molecule has 2 aromatic carbocycles. The summed E-state index contributed by atoms with van der Waals surface area (Å²) in [4.78, 5) is 11.9. The smallest absolute Gasteiger partial charge is 0.267 e. The molecule has 0 atom stereocenters. The molecule has 0 aliphatic carbocycles. The van der Waals surface area contributed by atoms with Gasteiger partial charge in [-0.3, -0.25) is 4.79 Å². The molecule has 0 spiro atoms. The third-order valence-corrected chi connectivity index (χ3v) is 4.04. The van der Waals surface area contributed by atoms with Gasteiger partial charge in [-0.05, 0) is 36.4 Å². The van der Waals surface area contributed by atoms with Crippen molar-refractivity contribution in [3.05, 3.63) is 65.9 Å². The van der Waals surface area contributed by atoms with Gasteiger partial charge < -0.3 is 10.6 Å². The van der Waals surface area contributed by atoms with Crippen molar-refractivity contribution in [1.82, 2.24) is 0 Å². The van der Waals surface area contributed by atoms with Gasteiger partial charge in [-0.2, -0.15) is 5.26 Å². The fourth-order valence-electron chi connectivity index (χ4n) is 1.83. The van der Waals surface area contributed by atoms with Gasteiger partial charge in [-0.15, -0.1) is 0 Å². The molecule has 0 aliphatic rings. The lowest BCUT2D eigenvalue weighted by atomic mass is 10.2. The number of nitrogens with two attached hydrogens (primary N) is 1. The zero-order valence-electron chi connectivity index (χ0n) is 13.0. The van der Waals surface area contributed by atoms with Crippen LogP contribution in [0.15, 0.2) is 59.1 Å². The van der Waals surface area contributed by atoms with Crippen LogP contribution in [0.1, 0.15) is 0 Å². The first kappa shape index (κ1) is 19.0. The maximum absolute atomic E-state index is 13.5. The molecule has 0 aliphatic heterocycles. The molecule has 0 radical (unpaired) electrons. The SMILES string of the molecule is N#C/C(=C/Nc1cc(F)ccc1F)C(=O)Nc1ccc(S(N)(=O)=O)cc1. The Morgan fingerprint density at radius 2 is 1.81 bits per heavy atom.